The quantitative estimate of drug-likeness (QED) is 0.630. The van der Waals surface area contributed by atoms with Crippen LogP contribution in [0.15, 0.2) is 0 Å². The lowest BCUT2D eigenvalue weighted by atomic mass is 10.1. The largest absolute Gasteiger partial charge is 0.315 e. The molecule has 0 unspecified atom stereocenters. The fourth-order valence-corrected chi connectivity index (χ4v) is 2.30. The van der Waals surface area contributed by atoms with Crippen LogP contribution in [0.3, 0.4) is 0 Å². The molecule has 1 rings (SSSR count). The van der Waals surface area contributed by atoms with Gasteiger partial charge in [0, 0.05) is 13.1 Å². The highest BCUT2D eigenvalue weighted by Gasteiger charge is 2.13. The van der Waals surface area contributed by atoms with E-state index >= 15 is 0 Å². The van der Waals surface area contributed by atoms with Crippen LogP contribution in [0.5, 0.6) is 0 Å². The third-order valence-corrected chi connectivity index (χ3v) is 3.41. The molecule has 0 aromatic carbocycles. The Kier molecular flexibility index (Phi) is 6.20. The molecule has 1 aliphatic carbocycles. The maximum absolute atomic E-state index is 3.58. The van der Waals surface area contributed by atoms with Crippen LogP contribution in [0.4, 0.5) is 0 Å². The van der Waals surface area contributed by atoms with Crippen molar-refractivity contribution in [1.29, 1.82) is 0 Å². The smallest absolute Gasteiger partial charge is 0.0107 e. The Morgan fingerprint density at radius 1 is 1.14 bits per heavy atom. The summed E-state index contributed by atoms with van der Waals surface area (Å²) in [6.45, 7) is 10.5. The zero-order chi connectivity index (χ0) is 10.2. The molecule has 2 nitrogen and oxygen atoms in total. The summed E-state index contributed by atoms with van der Waals surface area (Å²) in [6.07, 6.45) is 5.83. The van der Waals surface area contributed by atoms with E-state index in [-0.39, 0.29) is 0 Å². The van der Waals surface area contributed by atoms with Crippen LogP contribution in [-0.2, 0) is 0 Å². The second kappa shape index (κ2) is 7.24. The first-order valence-corrected chi connectivity index (χ1v) is 6.29. The van der Waals surface area contributed by atoms with Gasteiger partial charge in [-0.2, -0.15) is 0 Å². The Hall–Kier alpha value is -0.0800. The van der Waals surface area contributed by atoms with Crippen molar-refractivity contribution in [2.45, 2.75) is 39.5 Å². The van der Waals surface area contributed by atoms with Crippen molar-refractivity contribution in [3.63, 3.8) is 0 Å². The normalized spacial score (nSPS) is 18.2. The van der Waals surface area contributed by atoms with Crippen LogP contribution < -0.4 is 5.32 Å². The second-order valence-corrected chi connectivity index (χ2v) is 4.38. The summed E-state index contributed by atoms with van der Waals surface area (Å²) in [5, 5.41) is 3.58. The van der Waals surface area contributed by atoms with Gasteiger partial charge in [0.1, 0.15) is 0 Å². The second-order valence-electron chi connectivity index (χ2n) is 4.38. The topological polar surface area (TPSA) is 15.3 Å². The van der Waals surface area contributed by atoms with E-state index < -0.39 is 0 Å². The minimum absolute atomic E-state index is 0.978. The molecule has 1 N–H and O–H groups in total. The lowest BCUT2D eigenvalue weighted by Gasteiger charge is -2.18. The molecule has 0 radical (unpaired) electrons. The van der Waals surface area contributed by atoms with E-state index in [0.29, 0.717) is 0 Å². The first-order chi connectivity index (χ1) is 6.86. The summed E-state index contributed by atoms with van der Waals surface area (Å²) in [4.78, 5) is 2.47. The molecule has 84 valence electrons. The molecular formula is C12H26N2. The lowest BCUT2D eigenvalue weighted by molar-refractivity contribution is 0.299. The highest BCUT2D eigenvalue weighted by molar-refractivity contribution is 4.69. The number of rotatable bonds is 7. The predicted molar refractivity (Wildman–Crippen MR) is 62.6 cm³/mol. The highest BCUT2D eigenvalue weighted by Crippen LogP contribution is 2.23. The van der Waals surface area contributed by atoms with Crippen LogP contribution in [0.2, 0.25) is 0 Å². The molecule has 0 aliphatic heterocycles. The number of nitrogens with one attached hydrogen (secondary N) is 1. The van der Waals surface area contributed by atoms with Crippen LogP contribution in [0, 0.1) is 5.92 Å². The Bertz CT molecular complexity index is 122. The van der Waals surface area contributed by atoms with Crippen LogP contribution in [0.25, 0.3) is 0 Å². The van der Waals surface area contributed by atoms with E-state index in [4.69, 9.17) is 0 Å². The van der Waals surface area contributed by atoms with E-state index in [1.165, 1.54) is 51.9 Å². The van der Waals surface area contributed by atoms with E-state index in [0.717, 1.165) is 12.5 Å². The fourth-order valence-electron chi connectivity index (χ4n) is 2.30. The summed E-state index contributed by atoms with van der Waals surface area (Å²) in [5.74, 6) is 0.978. The van der Waals surface area contributed by atoms with Gasteiger partial charge in [0.2, 0.25) is 0 Å². The highest BCUT2D eigenvalue weighted by atomic mass is 15.1. The van der Waals surface area contributed by atoms with E-state index in [2.05, 4.69) is 24.1 Å². The summed E-state index contributed by atoms with van der Waals surface area (Å²) < 4.78 is 0. The van der Waals surface area contributed by atoms with Gasteiger partial charge in [0.15, 0.2) is 0 Å². The molecule has 0 bridgehead atoms. The molecule has 14 heavy (non-hydrogen) atoms. The van der Waals surface area contributed by atoms with Crippen molar-refractivity contribution >= 4 is 0 Å². The molecule has 0 spiro atoms. The monoisotopic (exact) mass is 198 g/mol. The zero-order valence-corrected chi connectivity index (χ0v) is 9.89. The molecule has 0 saturated heterocycles. The van der Waals surface area contributed by atoms with E-state index in [1.54, 1.807) is 0 Å². The number of nitrogens with zero attached hydrogens (tertiary/aromatic N) is 1. The molecule has 0 aromatic heterocycles. The summed E-state index contributed by atoms with van der Waals surface area (Å²) in [7, 11) is 0. The van der Waals surface area contributed by atoms with Gasteiger partial charge in [-0.15, -0.1) is 0 Å². The first kappa shape index (κ1) is 12.0. The van der Waals surface area contributed by atoms with Gasteiger partial charge in [-0.05, 0) is 38.4 Å². The third kappa shape index (κ3) is 4.43. The molecule has 1 aliphatic rings. The number of hydrogen-bond acceptors (Lipinski definition) is 2. The summed E-state index contributed by atoms with van der Waals surface area (Å²) in [5.41, 5.74) is 0. The maximum atomic E-state index is 3.58. The third-order valence-electron chi connectivity index (χ3n) is 3.41. The molecule has 0 aromatic rings. The average Bonchev–Trinajstić information content (AvgIpc) is 2.71. The van der Waals surface area contributed by atoms with Gasteiger partial charge in [0.05, 0.1) is 0 Å². The van der Waals surface area contributed by atoms with Crippen molar-refractivity contribution in [3.05, 3.63) is 0 Å². The SMILES string of the molecule is CCN(CC)CCNCC1CCCC1. The van der Waals surface area contributed by atoms with Crippen molar-refractivity contribution in [2.24, 2.45) is 5.92 Å². The molecule has 0 amide bonds. The van der Waals surface area contributed by atoms with Crippen LogP contribution in [0.1, 0.15) is 39.5 Å². The lowest BCUT2D eigenvalue weighted by Crippen LogP contribution is -2.33. The van der Waals surface area contributed by atoms with E-state index in [1.807, 2.05) is 0 Å². The zero-order valence-electron chi connectivity index (χ0n) is 9.89. The molecule has 0 heterocycles. The molecule has 2 heteroatoms. The Labute approximate surface area is 89.1 Å². The fraction of sp³-hybridized carbons (Fsp3) is 1.00. The van der Waals surface area contributed by atoms with Gasteiger partial charge in [-0.1, -0.05) is 26.7 Å². The van der Waals surface area contributed by atoms with Crippen molar-refractivity contribution in [3.8, 4) is 0 Å². The predicted octanol–water partition coefficient (Wildman–Crippen LogP) is 2.11. The van der Waals surface area contributed by atoms with Crippen molar-refractivity contribution in [1.82, 2.24) is 10.2 Å². The Morgan fingerprint density at radius 2 is 1.79 bits per heavy atom. The molecule has 0 atom stereocenters. The standard InChI is InChI=1S/C12H26N2/c1-3-14(4-2)10-9-13-11-12-7-5-6-8-12/h12-13H,3-11H2,1-2H3. The van der Waals surface area contributed by atoms with Gasteiger partial charge in [0.25, 0.3) is 0 Å². The first-order valence-electron chi connectivity index (χ1n) is 6.29. The average molecular weight is 198 g/mol. The van der Waals surface area contributed by atoms with Crippen LogP contribution >= 0.6 is 0 Å². The summed E-state index contributed by atoms with van der Waals surface area (Å²) in [6, 6.07) is 0. The molecule has 1 fully saturated rings. The molecular weight excluding hydrogens is 172 g/mol. The van der Waals surface area contributed by atoms with Crippen LogP contribution in [-0.4, -0.2) is 37.6 Å². The summed E-state index contributed by atoms with van der Waals surface area (Å²) >= 11 is 0. The van der Waals surface area contributed by atoms with Crippen molar-refractivity contribution < 1.29 is 0 Å². The van der Waals surface area contributed by atoms with Gasteiger partial charge >= 0.3 is 0 Å². The number of hydrogen-bond donors (Lipinski definition) is 1. The molecule has 1 saturated carbocycles. The van der Waals surface area contributed by atoms with Gasteiger partial charge in [-0.3, -0.25) is 0 Å². The van der Waals surface area contributed by atoms with Gasteiger partial charge in [-0.25, -0.2) is 0 Å². The van der Waals surface area contributed by atoms with Gasteiger partial charge < -0.3 is 10.2 Å². The van der Waals surface area contributed by atoms with Crippen molar-refractivity contribution in [2.75, 3.05) is 32.7 Å². The minimum atomic E-state index is 0.978. The Balaban J connectivity index is 1.92. The van der Waals surface area contributed by atoms with E-state index in [9.17, 15) is 0 Å². The maximum Gasteiger partial charge on any atom is 0.0107 e. The minimum Gasteiger partial charge on any atom is -0.315 e. The Morgan fingerprint density at radius 3 is 2.36 bits per heavy atom. The number of likely N-dealkylation sites (N-methyl/N-ethyl adjacent to an activating group) is 1.